The van der Waals surface area contributed by atoms with Gasteiger partial charge in [0.25, 0.3) is 0 Å². The number of hydrogen-bond acceptors (Lipinski definition) is 3. The Morgan fingerprint density at radius 2 is 2.28 bits per heavy atom. The van der Waals surface area contributed by atoms with Crippen molar-refractivity contribution in [2.45, 2.75) is 38.6 Å². The Kier molecular flexibility index (Phi) is 4.69. The first-order valence-corrected chi connectivity index (χ1v) is 7.21. The molecule has 2 rings (SSSR count). The number of aromatic nitrogens is 2. The average molecular weight is 267 g/mol. The Balaban J connectivity index is 1.51. The lowest BCUT2D eigenvalue weighted by molar-refractivity contribution is -0.122. The van der Waals surface area contributed by atoms with E-state index < -0.39 is 0 Å². The van der Waals surface area contributed by atoms with Crippen LogP contribution in [0.5, 0.6) is 0 Å². The van der Waals surface area contributed by atoms with Gasteiger partial charge in [-0.15, -0.1) is 0 Å². The highest BCUT2D eigenvalue weighted by Crippen LogP contribution is 2.49. The van der Waals surface area contributed by atoms with Gasteiger partial charge in [-0.05, 0) is 36.9 Å². The second-order valence-electron chi connectivity index (χ2n) is 5.19. The van der Waals surface area contributed by atoms with E-state index in [0.29, 0.717) is 6.42 Å². The van der Waals surface area contributed by atoms with Crippen LogP contribution >= 0.6 is 12.6 Å². The van der Waals surface area contributed by atoms with Crippen molar-refractivity contribution in [3.8, 4) is 0 Å². The molecule has 1 aliphatic carbocycles. The molecule has 0 bridgehead atoms. The number of rotatable bonds is 8. The summed E-state index contributed by atoms with van der Waals surface area (Å²) in [5, 5.41) is 3.00. The van der Waals surface area contributed by atoms with Crippen molar-refractivity contribution in [2.75, 3.05) is 12.3 Å². The number of aryl methyl sites for hydroxylation is 1. The summed E-state index contributed by atoms with van der Waals surface area (Å²) in [6, 6.07) is 0. The van der Waals surface area contributed by atoms with Crippen molar-refractivity contribution >= 4 is 18.5 Å². The first-order valence-electron chi connectivity index (χ1n) is 6.57. The van der Waals surface area contributed by atoms with Gasteiger partial charge in [0.15, 0.2) is 0 Å². The molecule has 1 heterocycles. The molecular weight excluding hydrogens is 246 g/mol. The molecule has 0 aromatic carbocycles. The van der Waals surface area contributed by atoms with E-state index >= 15 is 0 Å². The second kappa shape index (κ2) is 6.27. The summed E-state index contributed by atoms with van der Waals surface area (Å²) in [7, 11) is 0. The number of amides is 1. The van der Waals surface area contributed by atoms with E-state index in [9.17, 15) is 4.79 Å². The Bertz CT molecular complexity index is 374. The lowest BCUT2D eigenvalue weighted by Crippen LogP contribution is -2.27. The topological polar surface area (TPSA) is 46.9 Å². The molecular formula is C13H21N3OS. The molecule has 1 aromatic rings. The van der Waals surface area contributed by atoms with E-state index in [1.807, 2.05) is 12.5 Å². The zero-order valence-corrected chi connectivity index (χ0v) is 11.5. The average Bonchev–Trinajstić information content (AvgIpc) is 2.94. The Morgan fingerprint density at radius 1 is 1.44 bits per heavy atom. The first-order chi connectivity index (χ1) is 8.74. The zero-order valence-electron chi connectivity index (χ0n) is 10.6. The maximum absolute atomic E-state index is 11.7. The Hall–Kier alpha value is -0.970. The standard InChI is InChI=1S/C13H21N3OS/c17-12(9-13(10-18)3-4-13)15-5-1-2-7-16-8-6-14-11-16/h6,8,11,18H,1-5,7,9-10H2,(H,15,17). The third kappa shape index (κ3) is 4.05. The van der Waals surface area contributed by atoms with Gasteiger partial charge in [-0.1, -0.05) is 0 Å². The van der Waals surface area contributed by atoms with Gasteiger partial charge < -0.3 is 9.88 Å². The van der Waals surface area contributed by atoms with Gasteiger partial charge in [0.2, 0.25) is 5.91 Å². The van der Waals surface area contributed by atoms with Crippen molar-refractivity contribution < 1.29 is 4.79 Å². The molecule has 4 nitrogen and oxygen atoms in total. The third-order valence-corrected chi connectivity index (χ3v) is 4.22. The molecule has 0 saturated heterocycles. The van der Waals surface area contributed by atoms with E-state index in [2.05, 4.69) is 27.5 Å². The highest BCUT2D eigenvalue weighted by molar-refractivity contribution is 7.80. The molecule has 1 saturated carbocycles. The molecule has 1 fully saturated rings. The molecule has 100 valence electrons. The van der Waals surface area contributed by atoms with Crippen LogP contribution in [0.2, 0.25) is 0 Å². The van der Waals surface area contributed by atoms with Gasteiger partial charge in [-0.3, -0.25) is 4.79 Å². The number of nitrogens with one attached hydrogen (secondary N) is 1. The summed E-state index contributed by atoms with van der Waals surface area (Å²) in [6.07, 6.45) is 10.6. The van der Waals surface area contributed by atoms with E-state index in [1.165, 1.54) is 0 Å². The quantitative estimate of drug-likeness (QED) is 0.558. The normalized spacial score (nSPS) is 16.5. The Morgan fingerprint density at radius 3 is 2.89 bits per heavy atom. The number of imidazole rings is 1. The van der Waals surface area contributed by atoms with Gasteiger partial charge in [0.1, 0.15) is 0 Å². The van der Waals surface area contributed by atoms with Crippen LogP contribution in [-0.2, 0) is 11.3 Å². The van der Waals surface area contributed by atoms with E-state index in [-0.39, 0.29) is 11.3 Å². The highest BCUT2D eigenvalue weighted by atomic mass is 32.1. The first kappa shape index (κ1) is 13.5. The molecule has 1 N–H and O–H groups in total. The van der Waals surface area contributed by atoms with Crippen LogP contribution < -0.4 is 5.32 Å². The van der Waals surface area contributed by atoms with Crippen molar-refractivity contribution in [1.82, 2.24) is 14.9 Å². The van der Waals surface area contributed by atoms with Gasteiger partial charge in [-0.25, -0.2) is 4.98 Å². The summed E-state index contributed by atoms with van der Waals surface area (Å²) < 4.78 is 2.06. The summed E-state index contributed by atoms with van der Waals surface area (Å²) in [4.78, 5) is 15.7. The fourth-order valence-electron chi connectivity index (χ4n) is 2.04. The third-order valence-electron chi connectivity index (χ3n) is 3.55. The fourth-order valence-corrected chi connectivity index (χ4v) is 2.46. The predicted molar refractivity (Wildman–Crippen MR) is 74.6 cm³/mol. The molecule has 0 unspecified atom stereocenters. The molecule has 1 aliphatic rings. The van der Waals surface area contributed by atoms with Gasteiger partial charge >= 0.3 is 0 Å². The molecule has 0 aliphatic heterocycles. The van der Waals surface area contributed by atoms with E-state index in [4.69, 9.17) is 0 Å². The van der Waals surface area contributed by atoms with Crippen molar-refractivity contribution in [2.24, 2.45) is 5.41 Å². The maximum atomic E-state index is 11.7. The molecule has 0 atom stereocenters. The highest BCUT2D eigenvalue weighted by Gasteiger charge is 2.42. The largest absolute Gasteiger partial charge is 0.356 e. The van der Waals surface area contributed by atoms with Crippen LogP contribution in [0.4, 0.5) is 0 Å². The number of hydrogen-bond donors (Lipinski definition) is 2. The SMILES string of the molecule is O=C(CC1(CS)CC1)NCCCCn1ccnc1. The number of nitrogens with zero attached hydrogens (tertiary/aromatic N) is 2. The second-order valence-corrected chi connectivity index (χ2v) is 5.51. The van der Waals surface area contributed by atoms with Crippen molar-refractivity contribution in [3.05, 3.63) is 18.7 Å². The van der Waals surface area contributed by atoms with E-state index in [1.54, 1.807) is 6.20 Å². The smallest absolute Gasteiger partial charge is 0.220 e. The molecule has 1 amide bonds. The lowest BCUT2D eigenvalue weighted by atomic mass is 10.1. The van der Waals surface area contributed by atoms with E-state index in [0.717, 1.165) is 44.5 Å². The van der Waals surface area contributed by atoms with Crippen LogP contribution in [0.1, 0.15) is 32.1 Å². The fraction of sp³-hybridized carbons (Fsp3) is 0.692. The number of thiol groups is 1. The van der Waals surface area contributed by atoms with Gasteiger partial charge in [0, 0.05) is 31.9 Å². The van der Waals surface area contributed by atoms with Gasteiger partial charge in [-0.2, -0.15) is 12.6 Å². The van der Waals surface area contributed by atoms with Gasteiger partial charge in [0.05, 0.1) is 6.33 Å². The number of carbonyl (C=O) groups is 1. The van der Waals surface area contributed by atoms with Crippen LogP contribution in [0, 0.1) is 5.41 Å². The van der Waals surface area contributed by atoms with Crippen LogP contribution in [-0.4, -0.2) is 27.8 Å². The molecule has 1 aromatic heterocycles. The van der Waals surface area contributed by atoms with Crippen LogP contribution in [0.15, 0.2) is 18.7 Å². The summed E-state index contributed by atoms with van der Waals surface area (Å²) in [6.45, 7) is 1.74. The lowest BCUT2D eigenvalue weighted by Gasteiger charge is -2.11. The maximum Gasteiger partial charge on any atom is 0.220 e. The summed E-state index contributed by atoms with van der Waals surface area (Å²) >= 11 is 4.31. The Labute approximate surface area is 114 Å². The summed E-state index contributed by atoms with van der Waals surface area (Å²) in [5.41, 5.74) is 0.226. The monoisotopic (exact) mass is 267 g/mol. The van der Waals surface area contributed by atoms with Crippen molar-refractivity contribution in [3.63, 3.8) is 0 Å². The van der Waals surface area contributed by atoms with Crippen molar-refractivity contribution in [1.29, 1.82) is 0 Å². The molecule has 5 heteroatoms. The molecule has 0 radical (unpaired) electrons. The van der Waals surface area contributed by atoms with Crippen LogP contribution in [0.25, 0.3) is 0 Å². The molecule has 18 heavy (non-hydrogen) atoms. The zero-order chi connectivity index (χ0) is 12.8. The minimum absolute atomic E-state index is 0.184. The minimum Gasteiger partial charge on any atom is -0.356 e. The number of unbranched alkanes of at least 4 members (excludes halogenated alkanes) is 1. The number of carbonyl (C=O) groups excluding carboxylic acids is 1. The predicted octanol–water partition coefficient (Wildman–Crippen LogP) is 1.88. The van der Waals surface area contributed by atoms with Crippen LogP contribution in [0.3, 0.4) is 0 Å². The molecule has 0 spiro atoms. The minimum atomic E-state index is 0.184. The summed E-state index contributed by atoms with van der Waals surface area (Å²) in [5.74, 6) is 1.02.